The van der Waals surface area contributed by atoms with E-state index in [1.165, 1.54) is 5.56 Å². The summed E-state index contributed by atoms with van der Waals surface area (Å²) in [4.78, 5) is 4.53. The van der Waals surface area contributed by atoms with Crippen molar-refractivity contribution in [2.24, 2.45) is 4.99 Å². The highest BCUT2D eigenvalue weighted by Gasteiger charge is 1.97. The van der Waals surface area contributed by atoms with Crippen LogP contribution in [0.25, 0.3) is 0 Å². The van der Waals surface area contributed by atoms with Gasteiger partial charge in [-0.25, -0.2) is 0 Å². The van der Waals surface area contributed by atoms with Crippen LogP contribution in [0.1, 0.15) is 25.3 Å². The number of ether oxygens (including phenoxy) is 2. The van der Waals surface area contributed by atoms with E-state index in [-0.39, 0.29) is 24.0 Å². The fourth-order valence-corrected chi connectivity index (χ4v) is 1.84. The Bertz CT molecular complexity index is 424. The first-order chi connectivity index (χ1) is 10.8. The lowest BCUT2D eigenvalue weighted by atomic mass is 10.2. The molecule has 0 aliphatic rings. The van der Waals surface area contributed by atoms with Crippen LogP contribution in [0.15, 0.2) is 29.3 Å². The predicted octanol–water partition coefficient (Wildman–Crippen LogP) is 2.97. The van der Waals surface area contributed by atoms with Crippen molar-refractivity contribution in [3.63, 3.8) is 0 Å². The van der Waals surface area contributed by atoms with Crippen molar-refractivity contribution in [3.8, 4) is 5.75 Å². The Kier molecular flexibility index (Phi) is 13.9. The molecule has 0 saturated heterocycles. The molecule has 0 atom stereocenters. The Balaban J connectivity index is 0.00000484. The molecule has 1 rings (SSSR count). The number of methoxy groups -OCH3 is 1. The van der Waals surface area contributed by atoms with E-state index < -0.39 is 0 Å². The van der Waals surface area contributed by atoms with Crippen LogP contribution < -0.4 is 15.4 Å². The molecule has 0 unspecified atom stereocenters. The molecule has 0 heterocycles. The van der Waals surface area contributed by atoms with Crippen molar-refractivity contribution < 1.29 is 9.47 Å². The van der Waals surface area contributed by atoms with E-state index >= 15 is 0 Å². The summed E-state index contributed by atoms with van der Waals surface area (Å²) in [5, 5.41) is 6.52. The molecular formula is C17H30IN3O2. The molecule has 0 amide bonds. The number of guanidine groups is 1. The topological polar surface area (TPSA) is 54.9 Å². The summed E-state index contributed by atoms with van der Waals surface area (Å²) in [5.74, 6) is 1.77. The van der Waals surface area contributed by atoms with E-state index in [9.17, 15) is 0 Å². The fourth-order valence-electron chi connectivity index (χ4n) is 1.84. The Morgan fingerprint density at radius 1 is 1.09 bits per heavy atom. The number of rotatable bonds is 10. The molecule has 0 spiro atoms. The number of aryl methyl sites for hydroxylation is 1. The number of nitrogens with zero attached hydrogens (tertiary/aromatic N) is 1. The third kappa shape index (κ3) is 11.2. The third-order valence-electron chi connectivity index (χ3n) is 3.02. The molecule has 0 fully saturated rings. The number of nitrogens with one attached hydrogen (secondary N) is 2. The second-order valence-electron chi connectivity index (χ2n) is 5.05. The van der Waals surface area contributed by atoms with Crippen molar-refractivity contribution in [1.82, 2.24) is 10.6 Å². The first-order valence-electron chi connectivity index (χ1n) is 7.97. The molecule has 0 aliphatic heterocycles. The smallest absolute Gasteiger partial charge is 0.191 e. The van der Waals surface area contributed by atoms with Gasteiger partial charge in [0.1, 0.15) is 5.75 Å². The number of halogens is 1. The van der Waals surface area contributed by atoms with Crippen molar-refractivity contribution >= 4 is 29.9 Å². The number of hydrogen-bond donors (Lipinski definition) is 2. The Morgan fingerprint density at radius 2 is 1.83 bits per heavy atom. The molecule has 132 valence electrons. The summed E-state index contributed by atoms with van der Waals surface area (Å²) < 4.78 is 10.7. The van der Waals surface area contributed by atoms with Crippen molar-refractivity contribution in [3.05, 3.63) is 29.8 Å². The summed E-state index contributed by atoms with van der Waals surface area (Å²) in [6.07, 6.45) is 1.86. The van der Waals surface area contributed by atoms with Gasteiger partial charge in [-0.1, -0.05) is 17.7 Å². The van der Waals surface area contributed by atoms with Gasteiger partial charge < -0.3 is 20.1 Å². The van der Waals surface area contributed by atoms with Crippen LogP contribution >= 0.6 is 24.0 Å². The van der Waals surface area contributed by atoms with Gasteiger partial charge >= 0.3 is 0 Å². The second kappa shape index (κ2) is 14.6. The Morgan fingerprint density at radius 3 is 2.48 bits per heavy atom. The Labute approximate surface area is 157 Å². The molecule has 6 heteroatoms. The highest BCUT2D eigenvalue weighted by molar-refractivity contribution is 14.0. The van der Waals surface area contributed by atoms with E-state index in [4.69, 9.17) is 9.47 Å². The molecular weight excluding hydrogens is 405 g/mol. The predicted molar refractivity (Wildman–Crippen MR) is 107 cm³/mol. The monoisotopic (exact) mass is 435 g/mol. The minimum Gasteiger partial charge on any atom is -0.494 e. The lowest BCUT2D eigenvalue weighted by Gasteiger charge is -2.11. The summed E-state index contributed by atoms with van der Waals surface area (Å²) in [6, 6.07) is 8.11. The van der Waals surface area contributed by atoms with Gasteiger partial charge in [0, 0.05) is 39.8 Å². The van der Waals surface area contributed by atoms with E-state index in [2.05, 4.69) is 41.6 Å². The molecule has 0 saturated carbocycles. The average Bonchev–Trinajstić information content (AvgIpc) is 2.53. The van der Waals surface area contributed by atoms with Gasteiger partial charge in [0.15, 0.2) is 5.96 Å². The summed E-state index contributed by atoms with van der Waals surface area (Å²) in [6.45, 7) is 8.03. The van der Waals surface area contributed by atoms with Crippen LogP contribution in [0.5, 0.6) is 5.75 Å². The standard InChI is InChI=1S/C17H29N3O2.HI/c1-4-18-17(19-11-5-13-21-3)20-12-6-14-22-16-9-7-15(2)8-10-16;/h7-10H,4-6,11-14H2,1-3H3,(H2,18,19,20);1H. The zero-order chi connectivity index (χ0) is 16.0. The van der Waals surface area contributed by atoms with Gasteiger partial charge in [0.2, 0.25) is 0 Å². The summed E-state index contributed by atoms with van der Waals surface area (Å²) in [5.41, 5.74) is 1.24. The van der Waals surface area contributed by atoms with Gasteiger partial charge in [-0.05, 0) is 32.4 Å². The van der Waals surface area contributed by atoms with E-state index in [1.807, 2.05) is 12.1 Å². The zero-order valence-corrected chi connectivity index (χ0v) is 16.8. The van der Waals surface area contributed by atoms with Gasteiger partial charge in [-0.2, -0.15) is 0 Å². The zero-order valence-electron chi connectivity index (χ0n) is 14.4. The summed E-state index contributed by atoms with van der Waals surface area (Å²) in [7, 11) is 1.72. The SMILES string of the molecule is CCNC(=NCCCOc1ccc(C)cc1)NCCCOC.I. The van der Waals surface area contributed by atoms with Crippen LogP contribution in [0.2, 0.25) is 0 Å². The van der Waals surface area contributed by atoms with Gasteiger partial charge in [0.05, 0.1) is 6.61 Å². The number of benzene rings is 1. The molecule has 1 aromatic carbocycles. The minimum atomic E-state index is 0. The quantitative estimate of drug-likeness (QED) is 0.257. The molecule has 0 aliphatic carbocycles. The number of aliphatic imine (C=N–C) groups is 1. The average molecular weight is 435 g/mol. The fraction of sp³-hybridized carbons (Fsp3) is 0.588. The maximum atomic E-state index is 5.69. The van der Waals surface area contributed by atoms with Crippen LogP contribution in [-0.2, 0) is 4.74 Å². The maximum absolute atomic E-state index is 5.69. The first kappa shape index (κ1) is 22.0. The molecule has 0 radical (unpaired) electrons. The van der Waals surface area contributed by atoms with Crippen LogP contribution in [0.4, 0.5) is 0 Å². The third-order valence-corrected chi connectivity index (χ3v) is 3.02. The minimum absolute atomic E-state index is 0. The van der Waals surface area contributed by atoms with E-state index in [0.717, 1.165) is 50.8 Å². The largest absolute Gasteiger partial charge is 0.494 e. The maximum Gasteiger partial charge on any atom is 0.191 e. The second-order valence-corrected chi connectivity index (χ2v) is 5.05. The van der Waals surface area contributed by atoms with Crippen LogP contribution in [0, 0.1) is 6.92 Å². The highest BCUT2D eigenvalue weighted by atomic mass is 127. The Hall–Kier alpha value is -1.02. The van der Waals surface area contributed by atoms with Crippen molar-refractivity contribution in [2.75, 3.05) is 40.0 Å². The van der Waals surface area contributed by atoms with Gasteiger partial charge in [0.25, 0.3) is 0 Å². The number of hydrogen-bond acceptors (Lipinski definition) is 3. The van der Waals surface area contributed by atoms with Gasteiger partial charge in [-0.15, -0.1) is 24.0 Å². The summed E-state index contributed by atoms with van der Waals surface area (Å²) >= 11 is 0. The van der Waals surface area contributed by atoms with E-state index in [1.54, 1.807) is 7.11 Å². The van der Waals surface area contributed by atoms with Gasteiger partial charge in [-0.3, -0.25) is 4.99 Å². The normalized spacial score (nSPS) is 10.8. The molecule has 0 aromatic heterocycles. The molecule has 2 N–H and O–H groups in total. The molecule has 0 bridgehead atoms. The lowest BCUT2D eigenvalue weighted by Crippen LogP contribution is -2.38. The van der Waals surface area contributed by atoms with Crippen LogP contribution in [0.3, 0.4) is 0 Å². The molecule has 5 nitrogen and oxygen atoms in total. The highest BCUT2D eigenvalue weighted by Crippen LogP contribution is 2.11. The first-order valence-corrected chi connectivity index (χ1v) is 7.97. The van der Waals surface area contributed by atoms with Crippen LogP contribution in [-0.4, -0.2) is 45.9 Å². The van der Waals surface area contributed by atoms with Crippen molar-refractivity contribution in [1.29, 1.82) is 0 Å². The molecule has 23 heavy (non-hydrogen) atoms. The lowest BCUT2D eigenvalue weighted by molar-refractivity contribution is 0.195. The van der Waals surface area contributed by atoms with E-state index in [0.29, 0.717) is 6.61 Å². The molecule has 1 aromatic rings. The van der Waals surface area contributed by atoms with Crippen molar-refractivity contribution in [2.45, 2.75) is 26.7 Å².